The lowest BCUT2D eigenvalue weighted by Gasteiger charge is -2.11. The summed E-state index contributed by atoms with van der Waals surface area (Å²) in [6.07, 6.45) is -7.64. The maximum atomic E-state index is 12.7. The molecule has 26 heavy (non-hydrogen) atoms. The first-order valence-corrected chi connectivity index (χ1v) is 7.33. The van der Waals surface area contributed by atoms with E-state index in [1.807, 2.05) is 0 Å². The van der Waals surface area contributed by atoms with Gasteiger partial charge in [-0.2, -0.15) is 26.3 Å². The summed E-state index contributed by atoms with van der Waals surface area (Å²) < 4.78 is 76.9. The number of aromatic nitrogens is 5. The van der Waals surface area contributed by atoms with Crippen LogP contribution in [-0.2, 0) is 12.4 Å². The van der Waals surface area contributed by atoms with Gasteiger partial charge in [-0.3, -0.25) is 0 Å². The van der Waals surface area contributed by atoms with Gasteiger partial charge in [0, 0.05) is 6.20 Å². The van der Waals surface area contributed by atoms with Gasteiger partial charge in [0.05, 0.1) is 15.6 Å². The molecule has 138 valence electrons. The molecule has 0 bridgehead atoms. The number of alkyl halides is 6. The molecule has 0 saturated carbocycles. The van der Waals surface area contributed by atoms with Gasteiger partial charge in [0.2, 0.25) is 5.82 Å². The average molecular weight is 416 g/mol. The van der Waals surface area contributed by atoms with Gasteiger partial charge in [-0.1, -0.05) is 23.2 Å². The molecule has 0 radical (unpaired) electrons. The van der Waals surface area contributed by atoms with Crippen molar-refractivity contribution in [1.82, 2.24) is 24.7 Å². The summed E-state index contributed by atoms with van der Waals surface area (Å²) in [6, 6.07) is 1.30. The summed E-state index contributed by atoms with van der Waals surface area (Å²) in [4.78, 5) is 9.35. The summed E-state index contributed by atoms with van der Waals surface area (Å²) in [7, 11) is 0. The van der Waals surface area contributed by atoms with Crippen LogP contribution in [0.15, 0.2) is 24.7 Å². The molecular formula is C13H5Cl2F6N5. The SMILES string of the molecule is FC(F)(F)c1cc(Cl)c(-n2cnc(-c3nc(C(F)(F)F)c[nH]3)n2)c(Cl)c1. The third-order valence-electron chi connectivity index (χ3n) is 3.15. The number of halogens is 8. The highest BCUT2D eigenvalue weighted by Crippen LogP contribution is 2.37. The summed E-state index contributed by atoms with van der Waals surface area (Å²) in [5.74, 6) is -0.511. The van der Waals surface area contributed by atoms with Crippen molar-refractivity contribution in [1.29, 1.82) is 0 Å². The number of hydrogen-bond donors (Lipinski definition) is 1. The van der Waals surface area contributed by atoms with Crippen LogP contribution in [0.3, 0.4) is 0 Å². The summed E-state index contributed by atoms with van der Waals surface area (Å²) in [6.45, 7) is 0. The van der Waals surface area contributed by atoms with Crippen LogP contribution >= 0.6 is 23.2 Å². The second kappa shape index (κ2) is 6.16. The normalized spacial score (nSPS) is 12.6. The highest BCUT2D eigenvalue weighted by Gasteiger charge is 2.34. The van der Waals surface area contributed by atoms with E-state index in [9.17, 15) is 26.3 Å². The predicted octanol–water partition coefficient (Wildman–Crippen LogP) is 5.00. The highest BCUT2D eigenvalue weighted by atomic mass is 35.5. The average Bonchev–Trinajstić information content (AvgIpc) is 3.13. The van der Waals surface area contributed by atoms with Gasteiger partial charge in [0.25, 0.3) is 0 Å². The van der Waals surface area contributed by atoms with E-state index in [1.165, 1.54) is 0 Å². The van der Waals surface area contributed by atoms with Crippen LogP contribution < -0.4 is 0 Å². The third-order valence-corrected chi connectivity index (χ3v) is 3.72. The van der Waals surface area contributed by atoms with Crippen LogP contribution in [0.1, 0.15) is 11.3 Å². The van der Waals surface area contributed by atoms with E-state index >= 15 is 0 Å². The molecule has 0 saturated heterocycles. The lowest BCUT2D eigenvalue weighted by atomic mass is 10.2. The number of imidazole rings is 1. The zero-order valence-electron chi connectivity index (χ0n) is 12.1. The summed E-state index contributed by atoms with van der Waals surface area (Å²) in [5, 5.41) is 3.13. The first kappa shape index (κ1) is 18.5. The molecule has 0 fully saturated rings. The molecule has 1 N–H and O–H groups in total. The summed E-state index contributed by atoms with van der Waals surface area (Å²) in [5.41, 5.74) is -2.34. The van der Waals surface area contributed by atoms with Crippen molar-refractivity contribution < 1.29 is 26.3 Å². The highest BCUT2D eigenvalue weighted by molar-refractivity contribution is 6.37. The van der Waals surface area contributed by atoms with Crippen molar-refractivity contribution in [2.45, 2.75) is 12.4 Å². The molecule has 2 heterocycles. The molecule has 0 aliphatic carbocycles. The van der Waals surface area contributed by atoms with Crippen molar-refractivity contribution in [3.8, 4) is 17.3 Å². The Balaban J connectivity index is 1.99. The number of H-pyrrole nitrogens is 1. The Kier molecular flexibility index (Phi) is 4.39. The van der Waals surface area contributed by atoms with E-state index in [-0.39, 0.29) is 27.4 Å². The molecule has 0 spiro atoms. The van der Waals surface area contributed by atoms with Crippen LogP contribution in [-0.4, -0.2) is 24.7 Å². The van der Waals surface area contributed by atoms with Crippen molar-refractivity contribution in [2.75, 3.05) is 0 Å². The fourth-order valence-electron chi connectivity index (χ4n) is 2.01. The molecule has 0 atom stereocenters. The van der Waals surface area contributed by atoms with Gasteiger partial charge in [0.15, 0.2) is 11.5 Å². The zero-order valence-corrected chi connectivity index (χ0v) is 13.6. The minimum absolute atomic E-state index is 0.109. The number of nitrogens with one attached hydrogen (secondary N) is 1. The predicted molar refractivity (Wildman–Crippen MR) is 79.0 cm³/mol. The van der Waals surface area contributed by atoms with Crippen molar-refractivity contribution in [3.63, 3.8) is 0 Å². The fraction of sp³-hybridized carbons (Fsp3) is 0.154. The molecule has 0 unspecified atom stereocenters. The second-order valence-corrected chi connectivity index (χ2v) is 5.75. The van der Waals surface area contributed by atoms with E-state index in [0.29, 0.717) is 18.3 Å². The third kappa shape index (κ3) is 3.49. The fourth-order valence-corrected chi connectivity index (χ4v) is 2.67. The van der Waals surface area contributed by atoms with E-state index < -0.39 is 23.6 Å². The molecule has 0 amide bonds. The molecule has 5 nitrogen and oxygen atoms in total. The molecule has 13 heteroatoms. The first-order valence-electron chi connectivity index (χ1n) is 6.58. The van der Waals surface area contributed by atoms with Crippen LogP contribution in [0.5, 0.6) is 0 Å². The Morgan fingerprint density at radius 2 is 1.58 bits per heavy atom. The van der Waals surface area contributed by atoms with Gasteiger partial charge in [-0.05, 0) is 12.1 Å². The number of benzene rings is 1. The number of hydrogen-bond acceptors (Lipinski definition) is 3. The molecule has 2 aromatic heterocycles. The largest absolute Gasteiger partial charge is 0.434 e. The standard InChI is InChI=1S/C13H5Cl2F6N5/c14-6-1-5(12(16,17)18)2-7(15)9(6)26-4-23-11(25-26)10-22-3-8(24-10)13(19,20)21/h1-4H,(H,22,24). The minimum atomic E-state index is -4.66. The molecule has 0 aliphatic rings. The Labute approximate surface area is 150 Å². The minimum Gasteiger partial charge on any atom is -0.341 e. The van der Waals surface area contributed by atoms with Crippen molar-refractivity contribution >= 4 is 23.2 Å². The second-order valence-electron chi connectivity index (χ2n) is 4.93. The van der Waals surface area contributed by atoms with Gasteiger partial charge in [0.1, 0.15) is 12.0 Å². The van der Waals surface area contributed by atoms with Gasteiger partial charge >= 0.3 is 12.4 Å². The smallest absolute Gasteiger partial charge is 0.341 e. The first-order chi connectivity index (χ1) is 12.0. The monoisotopic (exact) mass is 415 g/mol. The number of nitrogens with zero attached hydrogens (tertiary/aromatic N) is 4. The lowest BCUT2D eigenvalue weighted by Crippen LogP contribution is -2.07. The maximum absolute atomic E-state index is 12.7. The van der Waals surface area contributed by atoms with Crippen molar-refractivity contribution in [3.05, 3.63) is 46.0 Å². The molecule has 1 aromatic carbocycles. The quantitative estimate of drug-likeness (QED) is 0.599. The van der Waals surface area contributed by atoms with Gasteiger partial charge in [-0.15, -0.1) is 5.10 Å². The van der Waals surface area contributed by atoms with Gasteiger partial charge < -0.3 is 4.98 Å². The van der Waals surface area contributed by atoms with Crippen molar-refractivity contribution in [2.24, 2.45) is 0 Å². The van der Waals surface area contributed by atoms with Crippen LogP contribution in [0.4, 0.5) is 26.3 Å². The zero-order chi connectivity index (χ0) is 19.3. The Morgan fingerprint density at radius 3 is 2.08 bits per heavy atom. The molecule has 0 aliphatic heterocycles. The molecule has 3 rings (SSSR count). The Hall–Kier alpha value is -2.27. The van der Waals surface area contributed by atoms with Crippen LogP contribution in [0.25, 0.3) is 17.3 Å². The summed E-state index contributed by atoms with van der Waals surface area (Å²) >= 11 is 11.7. The van der Waals surface area contributed by atoms with Gasteiger partial charge in [-0.25, -0.2) is 14.6 Å². The van der Waals surface area contributed by atoms with E-state index in [1.54, 1.807) is 0 Å². The topological polar surface area (TPSA) is 59.4 Å². The number of aromatic amines is 1. The number of rotatable bonds is 2. The Morgan fingerprint density at radius 1 is 0.962 bits per heavy atom. The van der Waals surface area contributed by atoms with E-state index in [0.717, 1.165) is 11.0 Å². The maximum Gasteiger partial charge on any atom is 0.434 e. The Bertz CT molecular complexity index is 936. The lowest BCUT2D eigenvalue weighted by molar-refractivity contribution is -0.141. The molecular weight excluding hydrogens is 411 g/mol. The van der Waals surface area contributed by atoms with E-state index in [4.69, 9.17) is 23.2 Å². The van der Waals surface area contributed by atoms with E-state index in [2.05, 4.69) is 20.1 Å². The van der Waals surface area contributed by atoms with Crippen LogP contribution in [0, 0.1) is 0 Å². The molecule has 3 aromatic rings. The van der Waals surface area contributed by atoms with Crippen LogP contribution in [0.2, 0.25) is 10.0 Å².